The third-order valence-corrected chi connectivity index (χ3v) is 3.81. The van der Waals surface area contributed by atoms with Gasteiger partial charge in [-0.3, -0.25) is 0 Å². The molecule has 0 atom stereocenters. The van der Waals surface area contributed by atoms with E-state index in [1.807, 2.05) is 12.1 Å². The topological polar surface area (TPSA) is 65.2 Å². The average Bonchev–Trinajstić information content (AvgIpc) is 3.17. The number of esters is 1. The van der Waals surface area contributed by atoms with Crippen molar-refractivity contribution in [3.05, 3.63) is 57.6 Å². The van der Waals surface area contributed by atoms with E-state index >= 15 is 0 Å². The fourth-order valence-electron chi connectivity index (χ4n) is 1.66. The number of hydrogen-bond donors (Lipinski definition) is 0. The van der Waals surface area contributed by atoms with Crippen molar-refractivity contribution in [1.29, 1.82) is 0 Å². The highest BCUT2D eigenvalue weighted by molar-refractivity contribution is 7.11. The highest BCUT2D eigenvalue weighted by atomic mass is 35.5. The van der Waals surface area contributed by atoms with Gasteiger partial charge in [0.25, 0.3) is 5.89 Å². The van der Waals surface area contributed by atoms with Crippen LogP contribution in [0.25, 0.3) is 11.4 Å². The lowest BCUT2D eigenvalue weighted by atomic mass is 10.2. The van der Waals surface area contributed by atoms with E-state index in [1.54, 1.807) is 29.6 Å². The highest BCUT2D eigenvalue weighted by Gasteiger charge is 2.14. The second kappa shape index (κ2) is 6.07. The maximum Gasteiger partial charge on any atom is 0.348 e. The van der Waals surface area contributed by atoms with Gasteiger partial charge in [0.1, 0.15) is 4.88 Å². The zero-order valence-corrected chi connectivity index (χ0v) is 12.2. The minimum Gasteiger partial charge on any atom is -0.451 e. The summed E-state index contributed by atoms with van der Waals surface area (Å²) in [6.45, 7) is -0.0752. The molecule has 21 heavy (non-hydrogen) atoms. The summed E-state index contributed by atoms with van der Waals surface area (Å²) >= 11 is 7.37. The molecule has 0 aliphatic carbocycles. The van der Waals surface area contributed by atoms with Crippen LogP contribution in [-0.4, -0.2) is 16.1 Å². The van der Waals surface area contributed by atoms with Crippen LogP contribution in [0.5, 0.6) is 0 Å². The first kappa shape index (κ1) is 13.8. The molecular weight excluding hydrogens is 312 g/mol. The summed E-state index contributed by atoms with van der Waals surface area (Å²) in [6, 6.07) is 10.6. The van der Waals surface area contributed by atoms with Crippen molar-refractivity contribution in [2.75, 3.05) is 0 Å². The van der Waals surface area contributed by atoms with Crippen molar-refractivity contribution in [3.8, 4) is 11.4 Å². The smallest absolute Gasteiger partial charge is 0.348 e. The van der Waals surface area contributed by atoms with Crippen LogP contribution in [0.2, 0.25) is 5.02 Å². The SMILES string of the molecule is O=C(OCc1nc(-c2ccccc2Cl)no1)c1cccs1. The fraction of sp³-hybridized carbons (Fsp3) is 0.0714. The van der Waals surface area contributed by atoms with Gasteiger partial charge in [0, 0.05) is 5.56 Å². The summed E-state index contributed by atoms with van der Waals surface area (Å²) in [5.74, 6) is 0.167. The number of carbonyl (C=O) groups is 1. The Kier molecular flexibility index (Phi) is 3.98. The van der Waals surface area contributed by atoms with Crippen LogP contribution in [-0.2, 0) is 11.3 Å². The number of thiophene rings is 1. The first-order valence-electron chi connectivity index (χ1n) is 6.02. The van der Waals surface area contributed by atoms with Crippen LogP contribution in [0.3, 0.4) is 0 Å². The number of halogens is 1. The van der Waals surface area contributed by atoms with Crippen LogP contribution >= 0.6 is 22.9 Å². The molecule has 2 aromatic heterocycles. The molecule has 5 nitrogen and oxygen atoms in total. The molecule has 3 aromatic rings. The predicted molar refractivity (Wildman–Crippen MR) is 78.2 cm³/mol. The zero-order valence-electron chi connectivity index (χ0n) is 10.7. The molecule has 3 rings (SSSR count). The number of ether oxygens (including phenoxy) is 1. The number of carbonyl (C=O) groups excluding carboxylic acids is 1. The Hall–Kier alpha value is -2.18. The molecule has 0 unspecified atom stereocenters. The molecule has 0 radical (unpaired) electrons. The second-order valence-electron chi connectivity index (χ2n) is 4.05. The van der Waals surface area contributed by atoms with Crippen LogP contribution in [0.4, 0.5) is 0 Å². The second-order valence-corrected chi connectivity index (χ2v) is 5.40. The van der Waals surface area contributed by atoms with Gasteiger partial charge in [-0.1, -0.05) is 35.0 Å². The van der Waals surface area contributed by atoms with Gasteiger partial charge in [0.2, 0.25) is 5.82 Å². The molecule has 0 N–H and O–H groups in total. The summed E-state index contributed by atoms with van der Waals surface area (Å²) in [6.07, 6.45) is 0. The van der Waals surface area contributed by atoms with E-state index in [0.29, 0.717) is 21.3 Å². The first-order chi connectivity index (χ1) is 10.2. The van der Waals surface area contributed by atoms with Gasteiger partial charge in [-0.05, 0) is 23.6 Å². The maximum absolute atomic E-state index is 11.7. The Balaban J connectivity index is 1.69. The molecule has 0 aliphatic rings. The van der Waals surface area contributed by atoms with Gasteiger partial charge in [0.05, 0.1) is 5.02 Å². The molecule has 0 bridgehead atoms. The van der Waals surface area contributed by atoms with E-state index in [4.69, 9.17) is 20.9 Å². The van der Waals surface area contributed by atoms with Gasteiger partial charge < -0.3 is 9.26 Å². The Bertz CT molecular complexity index is 755. The Labute approximate surface area is 129 Å². The molecule has 0 aliphatic heterocycles. The summed E-state index contributed by atoms with van der Waals surface area (Å²) in [5.41, 5.74) is 0.666. The summed E-state index contributed by atoms with van der Waals surface area (Å²) < 4.78 is 10.1. The quantitative estimate of drug-likeness (QED) is 0.684. The molecule has 106 valence electrons. The van der Waals surface area contributed by atoms with Crippen molar-refractivity contribution in [2.24, 2.45) is 0 Å². The lowest BCUT2D eigenvalue weighted by Crippen LogP contribution is -2.03. The highest BCUT2D eigenvalue weighted by Crippen LogP contribution is 2.25. The lowest BCUT2D eigenvalue weighted by molar-refractivity contribution is 0.0435. The molecule has 2 heterocycles. The van der Waals surface area contributed by atoms with Gasteiger partial charge in [-0.2, -0.15) is 4.98 Å². The van der Waals surface area contributed by atoms with E-state index in [9.17, 15) is 4.79 Å². The first-order valence-corrected chi connectivity index (χ1v) is 7.28. The van der Waals surface area contributed by atoms with Gasteiger partial charge in [-0.15, -0.1) is 11.3 Å². The fourth-order valence-corrected chi connectivity index (χ4v) is 2.49. The molecule has 0 spiro atoms. The van der Waals surface area contributed by atoms with Crippen molar-refractivity contribution in [2.45, 2.75) is 6.61 Å². The van der Waals surface area contributed by atoms with E-state index < -0.39 is 5.97 Å². The van der Waals surface area contributed by atoms with E-state index in [1.165, 1.54) is 11.3 Å². The van der Waals surface area contributed by atoms with Crippen molar-refractivity contribution in [3.63, 3.8) is 0 Å². The molecule has 7 heteroatoms. The van der Waals surface area contributed by atoms with Crippen molar-refractivity contribution in [1.82, 2.24) is 10.1 Å². The summed E-state index contributed by atoms with van der Waals surface area (Å²) in [5, 5.41) is 6.16. The Morgan fingerprint density at radius 2 is 2.14 bits per heavy atom. The maximum atomic E-state index is 11.7. The minimum absolute atomic E-state index is 0.0752. The number of nitrogens with zero attached hydrogens (tertiary/aromatic N) is 2. The largest absolute Gasteiger partial charge is 0.451 e. The molecule has 0 amide bonds. The Morgan fingerprint density at radius 1 is 1.29 bits per heavy atom. The average molecular weight is 321 g/mol. The number of hydrogen-bond acceptors (Lipinski definition) is 6. The number of benzene rings is 1. The minimum atomic E-state index is -0.414. The molecular formula is C14H9ClN2O3S. The van der Waals surface area contributed by atoms with Crippen LogP contribution in [0, 0.1) is 0 Å². The summed E-state index contributed by atoms with van der Waals surface area (Å²) in [7, 11) is 0. The molecule has 0 saturated heterocycles. The van der Waals surface area contributed by atoms with E-state index in [0.717, 1.165) is 0 Å². The lowest BCUT2D eigenvalue weighted by Gasteiger charge is -1.98. The summed E-state index contributed by atoms with van der Waals surface area (Å²) in [4.78, 5) is 16.4. The van der Waals surface area contributed by atoms with Gasteiger partial charge >= 0.3 is 5.97 Å². The molecule has 1 aromatic carbocycles. The number of aromatic nitrogens is 2. The van der Waals surface area contributed by atoms with Crippen LogP contribution < -0.4 is 0 Å². The van der Waals surface area contributed by atoms with Crippen LogP contribution in [0.15, 0.2) is 46.3 Å². The Morgan fingerprint density at radius 3 is 2.90 bits per heavy atom. The van der Waals surface area contributed by atoms with Crippen molar-refractivity contribution < 1.29 is 14.1 Å². The third-order valence-electron chi connectivity index (χ3n) is 2.63. The molecule has 0 fully saturated rings. The van der Waals surface area contributed by atoms with E-state index in [-0.39, 0.29) is 12.5 Å². The van der Waals surface area contributed by atoms with Gasteiger partial charge in [0.15, 0.2) is 6.61 Å². The van der Waals surface area contributed by atoms with E-state index in [2.05, 4.69) is 10.1 Å². The molecule has 0 saturated carbocycles. The normalized spacial score (nSPS) is 10.5. The monoisotopic (exact) mass is 320 g/mol. The zero-order chi connectivity index (χ0) is 14.7. The number of rotatable bonds is 4. The van der Waals surface area contributed by atoms with Crippen LogP contribution in [0.1, 0.15) is 15.6 Å². The third kappa shape index (κ3) is 3.12. The van der Waals surface area contributed by atoms with Crippen molar-refractivity contribution >= 4 is 28.9 Å². The standard InChI is InChI=1S/C14H9ClN2O3S/c15-10-5-2-1-4-9(10)13-16-12(20-17-13)8-19-14(18)11-6-3-7-21-11/h1-7H,8H2. The predicted octanol–water partition coefficient (Wildman–Crippen LogP) is 3.81. The van der Waals surface area contributed by atoms with Gasteiger partial charge in [-0.25, -0.2) is 4.79 Å².